The van der Waals surface area contributed by atoms with Crippen LogP contribution in [0.5, 0.6) is 0 Å². The molecule has 1 rings (SSSR count). The van der Waals surface area contributed by atoms with Gasteiger partial charge in [0, 0.05) is 12.8 Å². The maximum Gasteiger partial charge on any atom is 0.132 e. The molecule has 0 aromatic carbocycles. The molecule has 0 radical (unpaired) electrons. The van der Waals surface area contributed by atoms with Crippen LogP contribution >= 0.6 is 11.8 Å². The molecular weight excluding hydrogens is 204 g/mol. The van der Waals surface area contributed by atoms with Crippen LogP contribution in [0.3, 0.4) is 0 Å². The molecule has 1 nitrogen and oxygen atoms in total. The molecule has 1 aliphatic rings. The Hall–Kier alpha value is 0.0200. The van der Waals surface area contributed by atoms with E-state index in [1.54, 1.807) is 0 Å². The second-order valence-electron chi connectivity index (χ2n) is 4.48. The summed E-state index contributed by atoms with van der Waals surface area (Å²) in [5.41, 5.74) is 0. The predicted molar refractivity (Wildman–Crippen MR) is 68.5 cm³/mol. The van der Waals surface area contributed by atoms with E-state index in [1.807, 2.05) is 11.8 Å². The minimum Gasteiger partial charge on any atom is -0.300 e. The van der Waals surface area contributed by atoms with Gasteiger partial charge >= 0.3 is 0 Å². The minimum atomic E-state index is 0.493. The van der Waals surface area contributed by atoms with Crippen molar-refractivity contribution in [3.63, 3.8) is 0 Å². The zero-order valence-corrected chi connectivity index (χ0v) is 10.6. The van der Waals surface area contributed by atoms with Crippen molar-refractivity contribution in [2.24, 2.45) is 0 Å². The Kier molecular flexibility index (Phi) is 8.08. The highest BCUT2D eigenvalue weighted by atomic mass is 32.2. The molecule has 1 saturated heterocycles. The van der Waals surface area contributed by atoms with Crippen molar-refractivity contribution >= 4 is 17.5 Å². The van der Waals surface area contributed by atoms with Gasteiger partial charge in [-0.3, -0.25) is 4.79 Å². The number of thioether (sulfide) groups is 1. The second-order valence-corrected chi connectivity index (χ2v) is 5.70. The van der Waals surface area contributed by atoms with Crippen molar-refractivity contribution in [3.05, 3.63) is 0 Å². The van der Waals surface area contributed by atoms with Gasteiger partial charge in [0.2, 0.25) is 0 Å². The third-order valence-electron chi connectivity index (χ3n) is 2.99. The standard InChI is InChI=1S/C13H24OS/c14-13-9-6-4-2-1-3-5-7-11-15-12-8-10-13/h1-12H2. The molecule has 0 amide bonds. The molecule has 0 aliphatic carbocycles. The molecule has 2 heteroatoms. The molecule has 0 N–H and O–H groups in total. The highest BCUT2D eigenvalue weighted by Gasteiger charge is 2.02. The normalized spacial score (nSPS) is 23.3. The highest BCUT2D eigenvalue weighted by molar-refractivity contribution is 7.99. The third kappa shape index (κ3) is 7.89. The van der Waals surface area contributed by atoms with Crippen LogP contribution < -0.4 is 0 Å². The molecule has 1 fully saturated rings. The average Bonchev–Trinajstić information content (AvgIpc) is 2.24. The lowest BCUT2D eigenvalue weighted by atomic mass is 10.1. The molecule has 15 heavy (non-hydrogen) atoms. The minimum absolute atomic E-state index is 0.493. The van der Waals surface area contributed by atoms with Crippen LogP contribution in [0, 0.1) is 0 Å². The van der Waals surface area contributed by atoms with Crippen LogP contribution in [0.15, 0.2) is 0 Å². The van der Waals surface area contributed by atoms with E-state index in [9.17, 15) is 4.79 Å². The van der Waals surface area contributed by atoms with Gasteiger partial charge in [0.05, 0.1) is 0 Å². The van der Waals surface area contributed by atoms with Gasteiger partial charge in [-0.1, -0.05) is 32.1 Å². The van der Waals surface area contributed by atoms with E-state index in [-0.39, 0.29) is 0 Å². The number of hydrogen-bond acceptors (Lipinski definition) is 2. The number of ketones is 1. The summed E-state index contributed by atoms with van der Waals surface area (Å²) in [6, 6.07) is 0. The van der Waals surface area contributed by atoms with E-state index >= 15 is 0 Å². The zero-order valence-electron chi connectivity index (χ0n) is 9.80. The van der Waals surface area contributed by atoms with Crippen molar-refractivity contribution in [1.82, 2.24) is 0 Å². The molecule has 0 aromatic heterocycles. The van der Waals surface area contributed by atoms with Crippen molar-refractivity contribution in [2.45, 2.75) is 64.2 Å². The maximum atomic E-state index is 11.4. The van der Waals surface area contributed by atoms with Crippen molar-refractivity contribution < 1.29 is 4.79 Å². The van der Waals surface area contributed by atoms with Crippen LogP contribution in [0.1, 0.15) is 64.2 Å². The molecule has 0 aromatic rings. The van der Waals surface area contributed by atoms with Crippen LogP contribution in [-0.4, -0.2) is 17.3 Å². The molecule has 0 unspecified atom stereocenters. The summed E-state index contributed by atoms with van der Waals surface area (Å²) < 4.78 is 0. The Labute approximate surface area is 98.4 Å². The van der Waals surface area contributed by atoms with Gasteiger partial charge in [0.25, 0.3) is 0 Å². The molecule has 0 atom stereocenters. The number of hydrogen-bond donors (Lipinski definition) is 0. The van der Waals surface area contributed by atoms with Gasteiger partial charge in [-0.25, -0.2) is 0 Å². The highest BCUT2D eigenvalue weighted by Crippen LogP contribution is 2.14. The molecular formula is C13H24OS. The molecule has 88 valence electrons. The second kappa shape index (κ2) is 9.26. The van der Waals surface area contributed by atoms with E-state index in [1.165, 1.54) is 50.0 Å². The van der Waals surface area contributed by atoms with Gasteiger partial charge in [0.15, 0.2) is 0 Å². The number of Topliss-reactive ketones (excluding diaryl/α,β-unsaturated/α-hetero) is 1. The van der Waals surface area contributed by atoms with Crippen LogP contribution in [0.2, 0.25) is 0 Å². The number of carbonyl (C=O) groups excluding carboxylic acids is 1. The fourth-order valence-electron chi connectivity index (χ4n) is 2.01. The summed E-state index contributed by atoms with van der Waals surface area (Å²) in [5, 5.41) is 0. The number of carbonyl (C=O) groups is 1. The topological polar surface area (TPSA) is 17.1 Å². The maximum absolute atomic E-state index is 11.4. The monoisotopic (exact) mass is 228 g/mol. The predicted octanol–water partition coefficient (Wildman–Crippen LogP) is 4.20. The molecule has 0 bridgehead atoms. The molecule has 1 aliphatic heterocycles. The van der Waals surface area contributed by atoms with E-state index < -0.39 is 0 Å². The quantitative estimate of drug-likeness (QED) is 0.618. The summed E-state index contributed by atoms with van der Waals surface area (Å²) in [7, 11) is 0. The van der Waals surface area contributed by atoms with Crippen molar-refractivity contribution in [2.75, 3.05) is 11.5 Å². The summed E-state index contributed by atoms with van der Waals surface area (Å²) in [6.45, 7) is 0. The number of rotatable bonds is 0. The lowest BCUT2D eigenvalue weighted by Crippen LogP contribution is -1.99. The molecule has 0 saturated carbocycles. The van der Waals surface area contributed by atoms with E-state index in [0.29, 0.717) is 5.78 Å². The Morgan fingerprint density at radius 2 is 1.20 bits per heavy atom. The van der Waals surface area contributed by atoms with E-state index in [4.69, 9.17) is 0 Å². The van der Waals surface area contributed by atoms with Gasteiger partial charge < -0.3 is 0 Å². The first kappa shape index (κ1) is 13.1. The SMILES string of the molecule is O=C1CCCCCCCCCSCCC1. The smallest absolute Gasteiger partial charge is 0.132 e. The zero-order chi connectivity index (χ0) is 10.8. The summed E-state index contributed by atoms with van der Waals surface area (Å²) in [5.74, 6) is 2.98. The first-order chi connectivity index (χ1) is 7.39. The van der Waals surface area contributed by atoms with E-state index in [2.05, 4.69) is 0 Å². The van der Waals surface area contributed by atoms with Gasteiger partial charge in [-0.15, -0.1) is 0 Å². The Bertz CT molecular complexity index is 152. The Morgan fingerprint density at radius 1 is 0.667 bits per heavy atom. The van der Waals surface area contributed by atoms with E-state index in [0.717, 1.165) is 25.7 Å². The summed E-state index contributed by atoms with van der Waals surface area (Å²) in [4.78, 5) is 11.4. The van der Waals surface area contributed by atoms with Gasteiger partial charge in [-0.05, 0) is 30.8 Å². The van der Waals surface area contributed by atoms with Gasteiger partial charge in [0.1, 0.15) is 5.78 Å². The lowest BCUT2D eigenvalue weighted by Gasteiger charge is -2.05. The first-order valence-corrected chi connectivity index (χ1v) is 7.64. The first-order valence-electron chi connectivity index (χ1n) is 6.49. The van der Waals surface area contributed by atoms with Crippen molar-refractivity contribution in [1.29, 1.82) is 0 Å². The lowest BCUT2D eigenvalue weighted by molar-refractivity contribution is -0.119. The molecule has 1 heterocycles. The largest absolute Gasteiger partial charge is 0.300 e. The Morgan fingerprint density at radius 3 is 2.00 bits per heavy atom. The Balaban J connectivity index is 2.13. The average molecular weight is 228 g/mol. The van der Waals surface area contributed by atoms with Crippen LogP contribution in [-0.2, 0) is 4.79 Å². The van der Waals surface area contributed by atoms with Gasteiger partial charge in [-0.2, -0.15) is 11.8 Å². The van der Waals surface area contributed by atoms with Crippen LogP contribution in [0.4, 0.5) is 0 Å². The van der Waals surface area contributed by atoms with Crippen molar-refractivity contribution in [3.8, 4) is 0 Å². The fourth-order valence-corrected chi connectivity index (χ4v) is 2.97. The summed E-state index contributed by atoms with van der Waals surface area (Å²) >= 11 is 2.03. The summed E-state index contributed by atoms with van der Waals surface area (Å²) in [6.07, 6.45) is 12.0. The molecule has 0 spiro atoms. The third-order valence-corrected chi connectivity index (χ3v) is 4.14. The fraction of sp³-hybridized carbons (Fsp3) is 0.923. The van der Waals surface area contributed by atoms with Crippen LogP contribution in [0.25, 0.3) is 0 Å².